The van der Waals surface area contributed by atoms with Crippen LogP contribution in [-0.4, -0.2) is 5.75 Å². The van der Waals surface area contributed by atoms with Crippen LogP contribution in [0.4, 0.5) is 0 Å². The monoisotopic (exact) mass is 209 g/mol. The van der Waals surface area contributed by atoms with E-state index in [1.54, 1.807) is 0 Å². The Balaban J connectivity index is 2.69. The van der Waals surface area contributed by atoms with Crippen LogP contribution in [0.2, 0.25) is 0 Å². The molecule has 0 atom stereocenters. The van der Waals surface area contributed by atoms with Crippen molar-refractivity contribution in [2.24, 2.45) is 0 Å². The zero-order valence-corrected chi connectivity index (χ0v) is 9.91. The minimum atomic E-state index is 0.185. The second-order valence-corrected chi connectivity index (χ2v) is 4.76. The van der Waals surface area contributed by atoms with Gasteiger partial charge in [-0.2, -0.15) is 0 Å². The number of benzene rings is 1. The molecule has 0 aromatic heterocycles. The highest BCUT2D eigenvalue weighted by molar-refractivity contribution is 7.99. The first-order valence-corrected chi connectivity index (χ1v) is 6.04. The zero-order valence-electron chi connectivity index (χ0n) is 9.09. The summed E-state index contributed by atoms with van der Waals surface area (Å²) in [6.45, 7) is 5.97. The predicted molar refractivity (Wildman–Crippen MR) is 61.7 cm³/mol. The van der Waals surface area contributed by atoms with E-state index in [1.807, 2.05) is 37.7 Å². The van der Waals surface area contributed by atoms with Crippen LogP contribution in [-0.2, 0) is 5.11 Å². The summed E-state index contributed by atoms with van der Waals surface area (Å²) in [5.41, 5.74) is 1.73. The van der Waals surface area contributed by atoms with Crippen LogP contribution >= 0.6 is 11.8 Å². The van der Waals surface area contributed by atoms with E-state index in [4.69, 9.17) is 0 Å². The highest BCUT2D eigenvalue weighted by atomic mass is 32.2. The smallest absolute Gasteiger partial charge is 0.184 e. The molecule has 1 nitrogen and oxygen atoms in total. The molecule has 1 rings (SSSR count). The minimum absolute atomic E-state index is 0.185. The molecule has 1 aromatic rings. The van der Waals surface area contributed by atoms with E-state index in [1.165, 1.54) is 17.7 Å². The fraction of sp³-hybridized carbons (Fsp3) is 0.500. The second-order valence-electron chi connectivity index (χ2n) is 3.59. The third-order valence-corrected chi connectivity index (χ3v) is 3.26. The summed E-state index contributed by atoms with van der Waals surface area (Å²) in [5.74, 6) is 1.33. The van der Waals surface area contributed by atoms with Crippen LogP contribution in [0.3, 0.4) is 0 Å². The summed E-state index contributed by atoms with van der Waals surface area (Å²) in [6.07, 6.45) is 2.46. The molecular weight excluding hydrogens is 192 g/mol. The van der Waals surface area contributed by atoms with Gasteiger partial charge in [0.25, 0.3) is 0 Å². The quantitative estimate of drug-likeness (QED) is 0.533. The normalized spacial score (nSPS) is 10.5. The first kappa shape index (κ1) is 11.4. The summed E-state index contributed by atoms with van der Waals surface area (Å²) < 4.78 is 0. The van der Waals surface area contributed by atoms with Gasteiger partial charge < -0.3 is 0 Å². The number of hydrogen-bond acceptors (Lipinski definition) is 1. The molecule has 2 heteroatoms. The van der Waals surface area contributed by atoms with E-state index in [0.29, 0.717) is 0 Å². The largest absolute Gasteiger partial charge is 0.289 e. The molecule has 77 valence electrons. The molecule has 0 unspecified atom stereocenters. The van der Waals surface area contributed by atoms with E-state index < -0.39 is 0 Å². The van der Waals surface area contributed by atoms with Crippen molar-refractivity contribution < 1.29 is 5.11 Å². The van der Waals surface area contributed by atoms with Gasteiger partial charge in [-0.15, -0.1) is 11.8 Å². The molecule has 0 aliphatic rings. The second kappa shape index (κ2) is 5.30. The molecule has 0 aliphatic heterocycles. The van der Waals surface area contributed by atoms with Gasteiger partial charge in [-0.05, 0) is 49.3 Å². The number of hydrogen-bond donors (Lipinski definition) is 0. The van der Waals surface area contributed by atoms with Crippen LogP contribution in [0.15, 0.2) is 17.0 Å². The van der Waals surface area contributed by atoms with Gasteiger partial charge in [0.2, 0.25) is 0 Å². The Morgan fingerprint density at radius 3 is 2.29 bits per heavy atom. The van der Waals surface area contributed by atoms with Gasteiger partial charge in [-0.1, -0.05) is 13.3 Å². The standard InChI is InChI=1S/C12H17OS/c1-4-5-6-14-11-7-9(2)12(13)10(3)8-11/h7-8H,4-6H2,1-3H3. The van der Waals surface area contributed by atoms with E-state index >= 15 is 0 Å². The molecule has 0 spiro atoms. The molecule has 0 amide bonds. The molecule has 0 saturated carbocycles. The van der Waals surface area contributed by atoms with Gasteiger partial charge in [0.15, 0.2) is 5.75 Å². The van der Waals surface area contributed by atoms with Crippen molar-refractivity contribution in [2.75, 3.05) is 5.75 Å². The van der Waals surface area contributed by atoms with Gasteiger partial charge in [0, 0.05) is 4.90 Å². The first-order valence-electron chi connectivity index (χ1n) is 5.06. The van der Waals surface area contributed by atoms with Crippen LogP contribution in [0, 0.1) is 13.8 Å². The van der Waals surface area contributed by atoms with Crippen LogP contribution in [0.25, 0.3) is 0 Å². The molecule has 0 bridgehead atoms. The lowest BCUT2D eigenvalue weighted by molar-refractivity contribution is 0.348. The Kier molecular flexibility index (Phi) is 4.33. The number of thioether (sulfide) groups is 1. The van der Waals surface area contributed by atoms with Crippen molar-refractivity contribution in [1.82, 2.24) is 0 Å². The Morgan fingerprint density at radius 2 is 1.79 bits per heavy atom. The average molecular weight is 209 g/mol. The molecule has 0 saturated heterocycles. The van der Waals surface area contributed by atoms with Crippen LogP contribution in [0.1, 0.15) is 30.9 Å². The third-order valence-electron chi connectivity index (χ3n) is 2.20. The van der Waals surface area contributed by atoms with E-state index in [-0.39, 0.29) is 5.75 Å². The Bertz CT molecular complexity index is 284. The van der Waals surface area contributed by atoms with Gasteiger partial charge >= 0.3 is 0 Å². The van der Waals surface area contributed by atoms with Crippen molar-refractivity contribution >= 4 is 11.8 Å². The van der Waals surface area contributed by atoms with Crippen molar-refractivity contribution in [3.05, 3.63) is 23.3 Å². The van der Waals surface area contributed by atoms with Gasteiger partial charge in [0.05, 0.1) is 0 Å². The van der Waals surface area contributed by atoms with Gasteiger partial charge in [-0.3, -0.25) is 5.11 Å². The van der Waals surface area contributed by atoms with Crippen molar-refractivity contribution in [1.29, 1.82) is 0 Å². The maximum Gasteiger partial charge on any atom is 0.184 e. The molecular formula is C12H17OS. The maximum atomic E-state index is 11.4. The first-order chi connectivity index (χ1) is 6.65. The highest BCUT2D eigenvalue weighted by Gasteiger charge is 2.05. The number of unbranched alkanes of at least 4 members (excludes halogenated alkanes) is 1. The lowest BCUT2D eigenvalue weighted by atomic mass is 10.1. The topological polar surface area (TPSA) is 19.9 Å². The lowest BCUT2D eigenvalue weighted by Gasteiger charge is -2.05. The van der Waals surface area contributed by atoms with E-state index in [2.05, 4.69) is 6.92 Å². The lowest BCUT2D eigenvalue weighted by Crippen LogP contribution is -1.83. The summed E-state index contributed by atoms with van der Waals surface area (Å²) in [4.78, 5) is 1.23. The molecule has 0 N–H and O–H groups in total. The minimum Gasteiger partial charge on any atom is -0.289 e. The number of aryl methyl sites for hydroxylation is 2. The van der Waals surface area contributed by atoms with Crippen molar-refractivity contribution in [2.45, 2.75) is 38.5 Å². The fourth-order valence-corrected chi connectivity index (χ4v) is 2.52. The van der Waals surface area contributed by atoms with Gasteiger partial charge in [0.1, 0.15) is 0 Å². The van der Waals surface area contributed by atoms with Crippen LogP contribution in [0.5, 0.6) is 5.75 Å². The maximum absolute atomic E-state index is 11.4. The summed E-state index contributed by atoms with van der Waals surface area (Å²) in [6, 6.07) is 3.99. The summed E-state index contributed by atoms with van der Waals surface area (Å²) >= 11 is 1.84. The van der Waals surface area contributed by atoms with E-state index in [0.717, 1.165) is 16.9 Å². The van der Waals surface area contributed by atoms with Crippen molar-refractivity contribution in [3.63, 3.8) is 0 Å². The molecule has 0 fully saturated rings. The zero-order chi connectivity index (χ0) is 10.6. The third kappa shape index (κ3) is 2.95. The summed E-state index contributed by atoms with van der Waals surface area (Å²) in [5, 5.41) is 11.4. The SMILES string of the molecule is CCCCSc1cc(C)c([O])c(C)c1. The van der Waals surface area contributed by atoms with Crippen molar-refractivity contribution in [3.8, 4) is 5.75 Å². The molecule has 1 aromatic carbocycles. The molecule has 0 aliphatic carbocycles. The molecule has 0 heterocycles. The van der Waals surface area contributed by atoms with Crippen LogP contribution < -0.4 is 0 Å². The molecule has 14 heavy (non-hydrogen) atoms. The Morgan fingerprint density at radius 1 is 1.21 bits per heavy atom. The fourth-order valence-electron chi connectivity index (χ4n) is 1.33. The highest BCUT2D eigenvalue weighted by Crippen LogP contribution is 2.29. The van der Waals surface area contributed by atoms with E-state index in [9.17, 15) is 5.11 Å². The number of rotatable bonds is 4. The predicted octanol–water partition coefficient (Wildman–Crippen LogP) is 4.34. The molecule has 1 radical (unpaired) electrons. The van der Waals surface area contributed by atoms with Gasteiger partial charge in [-0.25, -0.2) is 0 Å². The summed E-state index contributed by atoms with van der Waals surface area (Å²) in [7, 11) is 0. The Hall–Kier alpha value is -0.630. The Labute approximate surface area is 90.5 Å². The average Bonchev–Trinajstić information content (AvgIpc) is 2.14.